The van der Waals surface area contributed by atoms with Crippen molar-refractivity contribution in [2.75, 3.05) is 7.11 Å². The van der Waals surface area contributed by atoms with E-state index in [2.05, 4.69) is 10.2 Å². The Bertz CT molecular complexity index is 726. The van der Waals surface area contributed by atoms with Crippen LogP contribution in [-0.4, -0.2) is 30.3 Å². The van der Waals surface area contributed by atoms with Gasteiger partial charge in [0.05, 0.1) is 7.11 Å². The largest absolute Gasteiger partial charge is 0.494 e. The molecule has 9 heteroatoms. The highest BCUT2D eigenvalue weighted by molar-refractivity contribution is 7.89. The molecule has 1 aromatic heterocycles. The second-order valence-electron chi connectivity index (χ2n) is 3.76. The molecule has 0 aliphatic rings. The van der Waals surface area contributed by atoms with Crippen molar-refractivity contribution in [2.45, 2.75) is 5.16 Å². The van der Waals surface area contributed by atoms with Gasteiger partial charge in [-0.1, -0.05) is 0 Å². The SMILES string of the molecule is COc1ccc(-c2nnc(S(N)(=O)=O)n2C)cc1F. The van der Waals surface area contributed by atoms with Gasteiger partial charge in [-0.15, -0.1) is 10.2 Å². The first kappa shape index (κ1) is 13.4. The highest BCUT2D eigenvalue weighted by Crippen LogP contribution is 2.24. The van der Waals surface area contributed by atoms with E-state index >= 15 is 0 Å². The molecule has 0 aliphatic carbocycles. The lowest BCUT2D eigenvalue weighted by Crippen LogP contribution is -2.17. The summed E-state index contributed by atoms with van der Waals surface area (Å²) in [6.45, 7) is 0. The predicted octanol–water partition coefficient (Wildman–Crippen LogP) is 0.277. The van der Waals surface area contributed by atoms with Crippen LogP contribution in [0.3, 0.4) is 0 Å². The molecule has 0 saturated carbocycles. The van der Waals surface area contributed by atoms with E-state index in [0.29, 0.717) is 5.56 Å². The molecule has 102 valence electrons. The highest BCUT2D eigenvalue weighted by atomic mass is 32.2. The second-order valence-corrected chi connectivity index (χ2v) is 5.21. The number of primary sulfonamides is 1. The first-order valence-electron chi connectivity index (χ1n) is 5.10. The molecule has 1 aromatic carbocycles. The average molecular weight is 286 g/mol. The molecule has 2 aromatic rings. The maximum absolute atomic E-state index is 13.6. The topological polar surface area (TPSA) is 100 Å². The maximum Gasteiger partial charge on any atom is 0.273 e. The van der Waals surface area contributed by atoms with Crippen LogP contribution in [0.2, 0.25) is 0 Å². The molecule has 0 bridgehead atoms. The Kier molecular flexibility index (Phi) is 3.25. The summed E-state index contributed by atoms with van der Waals surface area (Å²) in [5.74, 6) is -0.316. The molecule has 0 atom stereocenters. The van der Waals surface area contributed by atoms with E-state index in [9.17, 15) is 12.8 Å². The number of ether oxygens (including phenoxy) is 1. The minimum atomic E-state index is -3.97. The minimum Gasteiger partial charge on any atom is -0.494 e. The van der Waals surface area contributed by atoms with Gasteiger partial charge in [0, 0.05) is 12.6 Å². The fourth-order valence-electron chi connectivity index (χ4n) is 1.62. The number of benzene rings is 1. The van der Waals surface area contributed by atoms with Gasteiger partial charge in [-0.05, 0) is 18.2 Å². The summed E-state index contributed by atoms with van der Waals surface area (Å²) < 4.78 is 42.0. The number of nitrogens with zero attached hydrogens (tertiary/aromatic N) is 3. The molecule has 0 saturated heterocycles. The number of hydrogen-bond donors (Lipinski definition) is 1. The van der Waals surface area contributed by atoms with Crippen molar-refractivity contribution < 1.29 is 17.5 Å². The number of aromatic nitrogens is 3. The predicted molar refractivity (Wildman–Crippen MR) is 64.3 cm³/mol. The van der Waals surface area contributed by atoms with Gasteiger partial charge in [-0.25, -0.2) is 17.9 Å². The Morgan fingerprint density at radius 2 is 2.05 bits per heavy atom. The third-order valence-corrected chi connectivity index (χ3v) is 3.36. The van der Waals surface area contributed by atoms with Crippen LogP contribution < -0.4 is 9.88 Å². The third kappa shape index (κ3) is 2.42. The van der Waals surface area contributed by atoms with Crippen LogP contribution in [-0.2, 0) is 17.1 Å². The molecule has 0 unspecified atom stereocenters. The molecule has 19 heavy (non-hydrogen) atoms. The summed E-state index contributed by atoms with van der Waals surface area (Å²) in [6, 6.07) is 4.13. The third-order valence-electron chi connectivity index (χ3n) is 2.50. The molecule has 0 aliphatic heterocycles. The second kappa shape index (κ2) is 4.59. The van der Waals surface area contributed by atoms with Gasteiger partial charge in [-0.3, -0.25) is 4.57 Å². The average Bonchev–Trinajstić information content (AvgIpc) is 2.70. The van der Waals surface area contributed by atoms with E-state index in [1.54, 1.807) is 6.07 Å². The van der Waals surface area contributed by atoms with Gasteiger partial charge in [0.15, 0.2) is 17.4 Å². The lowest BCUT2D eigenvalue weighted by molar-refractivity contribution is 0.386. The molecule has 0 radical (unpaired) electrons. The molecule has 0 amide bonds. The number of nitrogens with two attached hydrogens (primary N) is 1. The smallest absolute Gasteiger partial charge is 0.273 e. The van der Waals surface area contributed by atoms with Gasteiger partial charge in [0.25, 0.3) is 15.2 Å². The van der Waals surface area contributed by atoms with E-state index in [-0.39, 0.29) is 11.6 Å². The Labute approximate surface area is 108 Å². The molecule has 2 rings (SSSR count). The molecule has 2 N–H and O–H groups in total. The maximum atomic E-state index is 13.6. The summed E-state index contributed by atoms with van der Waals surface area (Å²) in [4.78, 5) is 0. The van der Waals surface area contributed by atoms with Crippen LogP contribution in [0.25, 0.3) is 11.4 Å². The minimum absolute atomic E-state index is 0.0811. The molecule has 1 heterocycles. The zero-order valence-electron chi connectivity index (χ0n) is 10.2. The van der Waals surface area contributed by atoms with Gasteiger partial charge in [0.1, 0.15) is 0 Å². The van der Waals surface area contributed by atoms with Crippen LogP contribution in [0.1, 0.15) is 0 Å². The first-order chi connectivity index (χ1) is 8.84. The molecule has 7 nitrogen and oxygen atoms in total. The summed E-state index contributed by atoms with van der Waals surface area (Å²) in [5.41, 5.74) is 0.364. The lowest BCUT2D eigenvalue weighted by atomic mass is 10.2. The number of hydrogen-bond acceptors (Lipinski definition) is 5. The van der Waals surface area contributed by atoms with Crippen molar-refractivity contribution in [3.05, 3.63) is 24.0 Å². The number of sulfonamides is 1. The normalized spacial score (nSPS) is 11.6. The zero-order valence-corrected chi connectivity index (χ0v) is 11.0. The Hall–Kier alpha value is -2.00. The van der Waals surface area contributed by atoms with Crippen molar-refractivity contribution in [2.24, 2.45) is 12.2 Å². The molecule has 0 spiro atoms. The summed E-state index contributed by atoms with van der Waals surface area (Å²) >= 11 is 0. The summed E-state index contributed by atoms with van der Waals surface area (Å²) in [6.07, 6.45) is 0. The van der Waals surface area contributed by atoms with Gasteiger partial charge in [0.2, 0.25) is 0 Å². The van der Waals surface area contributed by atoms with Crippen LogP contribution in [0, 0.1) is 5.82 Å². The molecular weight excluding hydrogens is 275 g/mol. The van der Waals surface area contributed by atoms with Crippen molar-refractivity contribution >= 4 is 10.0 Å². The van der Waals surface area contributed by atoms with Crippen molar-refractivity contribution in [3.8, 4) is 17.1 Å². The summed E-state index contributed by atoms with van der Waals surface area (Å²) in [7, 11) is -1.20. The quantitative estimate of drug-likeness (QED) is 0.873. The van der Waals surface area contributed by atoms with Gasteiger partial charge < -0.3 is 4.74 Å². The highest BCUT2D eigenvalue weighted by Gasteiger charge is 2.20. The van der Waals surface area contributed by atoms with E-state index in [0.717, 1.165) is 0 Å². The van der Waals surface area contributed by atoms with E-state index in [1.165, 1.54) is 30.9 Å². The lowest BCUT2D eigenvalue weighted by Gasteiger charge is -2.05. The van der Waals surface area contributed by atoms with Crippen LogP contribution >= 0.6 is 0 Å². The fourth-order valence-corrected chi connectivity index (χ4v) is 2.24. The zero-order chi connectivity index (χ0) is 14.2. The van der Waals surface area contributed by atoms with Crippen molar-refractivity contribution in [3.63, 3.8) is 0 Å². The van der Waals surface area contributed by atoms with E-state index < -0.39 is 21.0 Å². The first-order valence-corrected chi connectivity index (χ1v) is 6.65. The van der Waals surface area contributed by atoms with Crippen molar-refractivity contribution in [1.82, 2.24) is 14.8 Å². The van der Waals surface area contributed by atoms with E-state index in [4.69, 9.17) is 9.88 Å². The monoisotopic (exact) mass is 286 g/mol. The van der Waals surface area contributed by atoms with Crippen LogP contribution in [0.15, 0.2) is 23.4 Å². The molecule has 0 fully saturated rings. The number of halogens is 1. The summed E-state index contributed by atoms with van der Waals surface area (Å²) in [5, 5.41) is 11.8. The molecular formula is C10H11FN4O3S. The Morgan fingerprint density at radius 3 is 2.53 bits per heavy atom. The van der Waals surface area contributed by atoms with Gasteiger partial charge >= 0.3 is 0 Å². The number of rotatable bonds is 3. The Balaban J connectivity index is 2.55. The fraction of sp³-hybridized carbons (Fsp3) is 0.200. The van der Waals surface area contributed by atoms with Crippen LogP contribution in [0.4, 0.5) is 4.39 Å². The van der Waals surface area contributed by atoms with Crippen LogP contribution in [0.5, 0.6) is 5.75 Å². The van der Waals surface area contributed by atoms with Crippen molar-refractivity contribution in [1.29, 1.82) is 0 Å². The number of methoxy groups -OCH3 is 1. The van der Waals surface area contributed by atoms with E-state index in [1.807, 2.05) is 0 Å². The van der Waals surface area contributed by atoms with Gasteiger partial charge in [-0.2, -0.15) is 0 Å². The Morgan fingerprint density at radius 1 is 1.37 bits per heavy atom. The standard InChI is InChI=1S/C10H11FN4O3S/c1-15-9(13-14-10(15)19(12,16)17)6-3-4-8(18-2)7(11)5-6/h3-5H,1-2H3,(H2,12,16,17).